The summed E-state index contributed by atoms with van der Waals surface area (Å²) in [6.45, 7) is 1.34. The molecule has 0 fully saturated rings. The van der Waals surface area contributed by atoms with Gasteiger partial charge in [0.05, 0.1) is 5.02 Å². The minimum Gasteiger partial charge on any atom is -0.456 e. The number of esters is 1. The topological polar surface area (TPSA) is 52.3 Å². The minimum absolute atomic E-state index is 0.0568. The summed E-state index contributed by atoms with van der Waals surface area (Å²) in [5.41, 5.74) is 0.926. The van der Waals surface area contributed by atoms with E-state index in [0.717, 1.165) is 5.56 Å². The summed E-state index contributed by atoms with van der Waals surface area (Å²) >= 11 is 5.91. The number of aryl methyl sites for hydroxylation is 1. The number of benzene rings is 2. The van der Waals surface area contributed by atoms with Gasteiger partial charge in [0.2, 0.25) is 5.89 Å². The molecule has 1 aromatic heterocycles. The highest BCUT2D eigenvalue weighted by Gasteiger charge is 2.20. The number of ether oxygens (including phenoxy) is 1. The maximum atomic E-state index is 13.7. The molecule has 0 saturated heterocycles. The zero-order valence-corrected chi connectivity index (χ0v) is 13.5. The van der Waals surface area contributed by atoms with Gasteiger partial charge in [-0.25, -0.2) is 14.2 Å². The normalized spacial score (nSPS) is 10.6. The first kappa shape index (κ1) is 16.2. The van der Waals surface area contributed by atoms with E-state index < -0.39 is 11.8 Å². The van der Waals surface area contributed by atoms with Crippen LogP contribution in [0.25, 0.3) is 11.5 Å². The van der Waals surface area contributed by atoms with Gasteiger partial charge in [0.25, 0.3) is 0 Å². The van der Waals surface area contributed by atoms with Gasteiger partial charge in [-0.3, -0.25) is 0 Å². The largest absolute Gasteiger partial charge is 0.456 e. The molecule has 0 unspecified atom stereocenters. The second-order valence-corrected chi connectivity index (χ2v) is 5.47. The quantitative estimate of drug-likeness (QED) is 0.637. The van der Waals surface area contributed by atoms with Crippen molar-refractivity contribution in [2.75, 3.05) is 0 Å². The third-order valence-electron chi connectivity index (χ3n) is 3.42. The Kier molecular flexibility index (Phi) is 4.62. The first-order chi connectivity index (χ1) is 11.6. The van der Waals surface area contributed by atoms with Crippen LogP contribution in [0.1, 0.15) is 21.8 Å². The fourth-order valence-corrected chi connectivity index (χ4v) is 2.38. The number of oxazole rings is 1. The highest BCUT2D eigenvalue weighted by atomic mass is 35.5. The molecule has 122 valence electrons. The number of carbonyl (C=O) groups excluding carboxylic acids is 1. The fourth-order valence-electron chi connectivity index (χ4n) is 2.17. The van der Waals surface area contributed by atoms with Crippen molar-refractivity contribution < 1.29 is 18.3 Å². The predicted octanol–water partition coefficient (Wildman–Crippen LogP) is 4.80. The zero-order chi connectivity index (χ0) is 17.1. The Morgan fingerprint density at radius 2 is 1.96 bits per heavy atom. The molecular weight excluding hydrogens is 333 g/mol. The molecule has 0 aliphatic carbocycles. The second-order valence-electron chi connectivity index (χ2n) is 5.07. The van der Waals surface area contributed by atoms with E-state index in [1.807, 2.05) is 30.3 Å². The molecule has 0 radical (unpaired) electrons. The Hall–Kier alpha value is -2.66. The Morgan fingerprint density at radius 3 is 2.67 bits per heavy atom. The number of hydrogen-bond donors (Lipinski definition) is 0. The van der Waals surface area contributed by atoms with Crippen LogP contribution >= 0.6 is 11.6 Å². The number of hydrogen-bond acceptors (Lipinski definition) is 4. The molecule has 0 atom stereocenters. The van der Waals surface area contributed by atoms with Gasteiger partial charge in [0.15, 0.2) is 5.69 Å². The highest BCUT2D eigenvalue weighted by molar-refractivity contribution is 6.31. The average molecular weight is 346 g/mol. The van der Waals surface area contributed by atoms with Gasteiger partial charge in [-0.1, -0.05) is 35.9 Å². The molecule has 0 N–H and O–H groups in total. The molecule has 6 heteroatoms. The highest BCUT2D eigenvalue weighted by Crippen LogP contribution is 2.23. The minimum atomic E-state index is -0.697. The third-order valence-corrected chi connectivity index (χ3v) is 3.77. The molecule has 0 amide bonds. The Morgan fingerprint density at radius 1 is 1.21 bits per heavy atom. The van der Waals surface area contributed by atoms with E-state index in [-0.39, 0.29) is 22.9 Å². The summed E-state index contributed by atoms with van der Waals surface area (Å²) in [6, 6.07) is 13.5. The van der Waals surface area contributed by atoms with Crippen molar-refractivity contribution in [3.05, 3.63) is 76.4 Å². The van der Waals surface area contributed by atoms with E-state index in [1.165, 1.54) is 18.2 Å². The summed E-state index contributed by atoms with van der Waals surface area (Å²) in [5, 5.41) is 0.199. The second kappa shape index (κ2) is 6.84. The van der Waals surface area contributed by atoms with Crippen LogP contribution in [0.15, 0.2) is 52.9 Å². The number of nitrogens with zero attached hydrogens (tertiary/aromatic N) is 1. The number of carbonyl (C=O) groups is 1. The number of aromatic nitrogens is 1. The lowest BCUT2D eigenvalue weighted by Crippen LogP contribution is -2.08. The Bertz CT molecular complexity index is 857. The maximum absolute atomic E-state index is 13.7. The monoisotopic (exact) mass is 345 g/mol. The predicted molar refractivity (Wildman–Crippen MR) is 87.2 cm³/mol. The van der Waals surface area contributed by atoms with E-state index in [0.29, 0.717) is 11.7 Å². The van der Waals surface area contributed by atoms with Crippen LogP contribution in [-0.4, -0.2) is 11.0 Å². The summed E-state index contributed by atoms with van der Waals surface area (Å²) in [6.07, 6.45) is 0. The number of halogens is 2. The van der Waals surface area contributed by atoms with Gasteiger partial charge in [-0.2, -0.15) is 0 Å². The Labute approximate surface area is 142 Å². The summed E-state index contributed by atoms with van der Waals surface area (Å²) in [5.74, 6) is -0.572. The van der Waals surface area contributed by atoms with E-state index in [1.54, 1.807) is 6.92 Å². The van der Waals surface area contributed by atoms with Crippen molar-refractivity contribution >= 4 is 17.6 Å². The SMILES string of the molecule is Cc1oc(-c2ccccc2)nc1C(=O)OCc1c(F)cccc1Cl. The molecule has 0 bridgehead atoms. The van der Waals surface area contributed by atoms with Gasteiger partial charge in [-0.15, -0.1) is 0 Å². The van der Waals surface area contributed by atoms with Crippen molar-refractivity contribution in [1.82, 2.24) is 4.98 Å². The summed E-state index contributed by atoms with van der Waals surface area (Å²) < 4.78 is 24.3. The van der Waals surface area contributed by atoms with Gasteiger partial charge in [0, 0.05) is 11.1 Å². The molecule has 0 spiro atoms. The lowest BCUT2D eigenvalue weighted by molar-refractivity contribution is 0.0461. The molecule has 1 heterocycles. The maximum Gasteiger partial charge on any atom is 0.360 e. The van der Waals surface area contributed by atoms with Crippen LogP contribution in [0.4, 0.5) is 4.39 Å². The van der Waals surface area contributed by atoms with Crippen LogP contribution in [0.2, 0.25) is 5.02 Å². The van der Waals surface area contributed by atoms with Crippen molar-refractivity contribution in [3.8, 4) is 11.5 Å². The van der Waals surface area contributed by atoms with Gasteiger partial charge >= 0.3 is 5.97 Å². The smallest absolute Gasteiger partial charge is 0.360 e. The van der Waals surface area contributed by atoms with E-state index in [9.17, 15) is 9.18 Å². The van der Waals surface area contributed by atoms with Gasteiger partial charge in [-0.05, 0) is 31.2 Å². The van der Waals surface area contributed by atoms with Gasteiger partial charge < -0.3 is 9.15 Å². The van der Waals surface area contributed by atoms with Crippen molar-refractivity contribution in [1.29, 1.82) is 0 Å². The summed E-state index contributed by atoms with van der Waals surface area (Å²) in [7, 11) is 0. The van der Waals surface area contributed by atoms with Gasteiger partial charge in [0.1, 0.15) is 18.2 Å². The van der Waals surface area contributed by atoms with Crippen LogP contribution in [0, 0.1) is 12.7 Å². The fraction of sp³-hybridized carbons (Fsp3) is 0.111. The van der Waals surface area contributed by atoms with E-state index in [4.69, 9.17) is 20.8 Å². The number of rotatable bonds is 4. The molecular formula is C18H13ClFNO3. The van der Waals surface area contributed by atoms with Crippen LogP contribution in [0.3, 0.4) is 0 Å². The molecule has 4 nitrogen and oxygen atoms in total. The van der Waals surface area contributed by atoms with Crippen LogP contribution in [-0.2, 0) is 11.3 Å². The summed E-state index contributed by atoms with van der Waals surface area (Å²) in [4.78, 5) is 16.4. The van der Waals surface area contributed by atoms with Crippen LogP contribution in [0.5, 0.6) is 0 Å². The molecule has 24 heavy (non-hydrogen) atoms. The molecule has 2 aromatic carbocycles. The molecule has 0 aliphatic rings. The molecule has 3 rings (SSSR count). The first-order valence-corrected chi connectivity index (χ1v) is 7.57. The van der Waals surface area contributed by atoms with E-state index >= 15 is 0 Å². The van der Waals surface area contributed by atoms with Crippen molar-refractivity contribution in [2.45, 2.75) is 13.5 Å². The standard InChI is InChI=1S/C18H13ClFNO3/c1-11-16(21-17(24-11)12-6-3-2-4-7-12)18(22)23-10-13-14(19)8-5-9-15(13)20/h2-9H,10H2,1H3. The first-order valence-electron chi connectivity index (χ1n) is 7.19. The lowest BCUT2D eigenvalue weighted by atomic mass is 10.2. The zero-order valence-electron chi connectivity index (χ0n) is 12.8. The lowest BCUT2D eigenvalue weighted by Gasteiger charge is -2.06. The Balaban J connectivity index is 1.77. The average Bonchev–Trinajstić information content (AvgIpc) is 2.97. The van der Waals surface area contributed by atoms with E-state index in [2.05, 4.69) is 4.98 Å². The molecule has 3 aromatic rings. The third kappa shape index (κ3) is 3.31. The van der Waals surface area contributed by atoms with Crippen molar-refractivity contribution in [2.24, 2.45) is 0 Å². The van der Waals surface area contributed by atoms with Crippen LogP contribution < -0.4 is 0 Å². The molecule has 0 aliphatic heterocycles. The molecule has 0 saturated carbocycles. The van der Waals surface area contributed by atoms with Crippen molar-refractivity contribution in [3.63, 3.8) is 0 Å².